The quantitative estimate of drug-likeness (QED) is 0.710. The van der Waals surface area contributed by atoms with E-state index < -0.39 is 0 Å². The van der Waals surface area contributed by atoms with E-state index in [-0.39, 0.29) is 17.7 Å². The lowest BCUT2D eigenvalue weighted by Crippen LogP contribution is -2.29. The van der Waals surface area contributed by atoms with Crippen LogP contribution >= 0.6 is 0 Å². The SMILES string of the molecule is CC(=O)c1c[nH]c(C(=O)NC(c2ccccc2)c2ccncc2)c1. The molecule has 0 spiro atoms. The molecule has 0 fully saturated rings. The van der Waals surface area contributed by atoms with Gasteiger partial charge in [-0.2, -0.15) is 0 Å². The Labute approximate surface area is 139 Å². The standard InChI is InChI=1S/C19H17N3O2/c1-13(23)16-11-17(21-12-16)19(24)22-18(14-5-3-2-4-6-14)15-7-9-20-10-8-15/h2-12,18,21H,1H3,(H,22,24). The minimum Gasteiger partial charge on any atom is -0.356 e. The van der Waals surface area contributed by atoms with Crippen molar-refractivity contribution in [2.75, 3.05) is 0 Å². The van der Waals surface area contributed by atoms with Crippen molar-refractivity contribution in [3.63, 3.8) is 0 Å². The largest absolute Gasteiger partial charge is 0.356 e. The molecule has 0 aliphatic heterocycles. The summed E-state index contributed by atoms with van der Waals surface area (Å²) in [7, 11) is 0. The van der Waals surface area contributed by atoms with Crippen LogP contribution in [0.25, 0.3) is 0 Å². The second-order valence-corrected chi connectivity index (χ2v) is 5.46. The van der Waals surface area contributed by atoms with Crippen molar-refractivity contribution >= 4 is 11.7 Å². The first-order chi connectivity index (χ1) is 11.6. The molecule has 2 N–H and O–H groups in total. The number of ketones is 1. The summed E-state index contributed by atoms with van der Waals surface area (Å²) in [6.45, 7) is 1.47. The van der Waals surface area contributed by atoms with Gasteiger partial charge >= 0.3 is 0 Å². The van der Waals surface area contributed by atoms with Crippen LogP contribution in [0.2, 0.25) is 0 Å². The molecule has 0 bridgehead atoms. The summed E-state index contributed by atoms with van der Waals surface area (Å²) in [6, 6.07) is 14.7. The average molecular weight is 319 g/mol. The molecular formula is C19H17N3O2. The van der Waals surface area contributed by atoms with Crippen molar-refractivity contribution in [1.29, 1.82) is 0 Å². The average Bonchev–Trinajstić information content (AvgIpc) is 3.11. The molecule has 5 nitrogen and oxygen atoms in total. The zero-order valence-electron chi connectivity index (χ0n) is 13.2. The summed E-state index contributed by atoms with van der Waals surface area (Å²) >= 11 is 0. The van der Waals surface area contributed by atoms with Crippen LogP contribution in [0.3, 0.4) is 0 Å². The fourth-order valence-corrected chi connectivity index (χ4v) is 2.50. The van der Waals surface area contributed by atoms with Crippen LogP contribution < -0.4 is 5.32 Å². The summed E-state index contributed by atoms with van der Waals surface area (Å²) in [4.78, 5) is 30.8. The Bertz CT molecular complexity index is 802. The molecule has 1 aromatic carbocycles. The summed E-state index contributed by atoms with van der Waals surface area (Å²) in [5.74, 6) is -0.354. The number of pyridine rings is 1. The fourth-order valence-electron chi connectivity index (χ4n) is 2.50. The number of nitrogens with one attached hydrogen (secondary N) is 2. The van der Waals surface area contributed by atoms with Gasteiger partial charge in [-0.3, -0.25) is 14.6 Å². The maximum absolute atomic E-state index is 12.6. The molecule has 24 heavy (non-hydrogen) atoms. The lowest BCUT2D eigenvalue weighted by Gasteiger charge is -2.19. The zero-order chi connectivity index (χ0) is 16.9. The second kappa shape index (κ2) is 6.91. The van der Waals surface area contributed by atoms with E-state index >= 15 is 0 Å². The molecule has 1 amide bonds. The molecule has 120 valence electrons. The predicted molar refractivity (Wildman–Crippen MR) is 90.8 cm³/mol. The van der Waals surface area contributed by atoms with Crippen molar-refractivity contribution in [1.82, 2.24) is 15.3 Å². The number of nitrogens with zero attached hydrogens (tertiary/aromatic N) is 1. The molecule has 2 heterocycles. The van der Waals surface area contributed by atoms with Gasteiger partial charge < -0.3 is 10.3 Å². The van der Waals surface area contributed by atoms with Crippen LogP contribution in [0.4, 0.5) is 0 Å². The molecule has 3 aromatic rings. The second-order valence-electron chi connectivity index (χ2n) is 5.46. The Kier molecular flexibility index (Phi) is 4.52. The van der Waals surface area contributed by atoms with Crippen LogP contribution in [0.15, 0.2) is 67.1 Å². The van der Waals surface area contributed by atoms with Gasteiger partial charge in [-0.25, -0.2) is 0 Å². The summed E-state index contributed by atoms with van der Waals surface area (Å²) in [5.41, 5.74) is 2.74. The Morgan fingerprint density at radius 3 is 2.33 bits per heavy atom. The highest BCUT2D eigenvalue weighted by atomic mass is 16.2. The molecule has 0 radical (unpaired) electrons. The minimum atomic E-state index is -0.300. The fraction of sp³-hybridized carbons (Fsp3) is 0.105. The molecule has 0 saturated carbocycles. The van der Waals surface area contributed by atoms with Crippen molar-refractivity contribution in [3.8, 4) is 0 Å². The van der Waals surface area contributed by atoms with E-state index in [1.54, 1.807) is 24.7 Å². The molecule has 2 aromatic heterocycles. The van der Waals surface area contributed by atoms with Crippen molar-refractivity contribution in [2.45, 2.75) is 13.0 Å². The number of Topliss-reactive ketones (excluding diaryl/α,β-unsaturated/α-hetero) is 1. The first-order valence-electron chi connectivity index (χ1n) is 7.60. The number of hydrogen-bond acceptors (Lipinski definition) is 3. The van der Waals surface area contributed by atoms with Crippen molar-refractivity contribution < 1.29 is 9.59 Å². The van der Waals surface area contributed by atoms with Crippen molar-refractivity contribution in [2.24, 2.45) is 0 Å². The van der Waals surface area contributed by atoms with Crippen LogP contribution in [-0.4, -0.2) is 21.7 Å². The topological polar surface area (TPSA) is 74.8 Å². The summed E-state index contributed by atoms with van der Waals surface area (Å²) < 4.78 is 0. The van der Waals surface area contributed by atoms with Gasteiger partial charge in [0.2, 0.25) is 0 Å². The number of aromatic nitrogens is 2. The Morgan fingerprint density at radius 2 is 1.71 bits per heavy atom. The van der Waals surface area contributed by atoms with Gasteiger partial charge in [0.1, 0.15) is 5.69 Å². The molecule has 0 aliphatic rings. The highest BCUT2D eigenvalue weighted by Gasteiger charge is 2.19. The van der Waals surface area contributed by atoms with E-state index in [9.17, 15) is 9.59 Å². The number of benzene rings is 1. The lowest BCUT2D eigenvalue weighted by atomic mass is 9.99. The van der Waals surface area contributed by atoms with Crippen molar-refractivity contribution in [3.05, 3.63) is 89.5 Å². The van der Waals surface area contributed by atoms with Gasteiger partial charge in [0.05, 0.1) is 6.04 Å². The number of H-pyrrole nitrogens is 1. The number of aromatic amines is 1. The highest BCUT2D eigenvalue weighted by Crippen LogP contribution is 2.22. The molecule has 3 rings (SSSR count). The van der Waals surface area contributed by atoms with Gasteiger partial charge in [-0.15, -0.1) is 0 Å². The highest BCUT2D eigenvalue weighted by molar-refractivity contribution is 5.99. The summed E-state index contributed by atoms with van der Waals surface area (Å²) in [5, 5.41) is 3.01. The third-order valence-corrected chi connectivity index (χ3v) is 3.78. The molecule has 0 aliphatic carbocycles. The first kappa shape index (κ1) is 15.7. The van der Waals surface area contributed by atoms with E-state index in [1.165, 1.54) is 6.92 Å². The van der Waals surface area contributed by atoms with Gasteiger partial charge in [0, 0.05) is 24.2 Å². The summed E-state index contributed by atoms with van der Waals surface area (Å²) in [6.07, 6.45) is 4.93. The van der Waals surface area contributed by atoms with E-state index in [0.29, 0.717) is 11.3 Å². The normalized spacial score (nSPS) is 11.7. The van der Waals surface area contributed by atoms with Gasteiger partial charge in [0.15, 0.2) is 5.78 Å². The Balaban J connectivity index is 1.89. The minimum absolute atomic E-state index is 0.0842. The van der Waals surface area contributed by atoms with Crippen LogP contribution in [0.1, 0.15) is 44.9 Å². The number of amides is 1. The first-order valence-corrected chi connectivity index (χ1v) is 7.60. The van der Waals surface area contributed by atoms with Gasteiger partial charge in [0.25, 0.3) is 5.91 Å². The molecule has 1 unspecified atom stereocenters. The van der Waals surface area contributed by atoms with Crippen LogP contribution in [0.5, 0.6) is 0 Å². The monoisotopic (exact) mass is 319 g/mol. The Morgan fingerprint density at radius 1 is 1.04 bits per heavy atom. The zero-order valence-corrected chi connectivity index (χ0v) is 13.2. The molecule has 1 atom stereocenters. The van der Waals surface area contributed by atoms with E-state index in [1.807, 2.05) is 42.5 Å². The van der Waals surface area contributed by atoms with Gasteiger partial charge in [-0.1, -0.05) is 30.3 Å². The number of carbonyl (C=O) groups is 2. The lowest BCUT2D eigenvalue weighted by molar-refractivity contribution is 0.0938. The smallest absolute Gasteiger partial charge is 0.268 e. The molecule has 5 heteroatoms. The van der Waals surface area contributed by atoms with Gasteiger partial charge in [-0.05, 0) is 36.2 Å². The molecule has 0 saturated heterocycles. The molecular weight excluding hydrogens is 302 g/mol. The number of carbonyl (C=O) groups excluding carboxylic acids is 2. The predicted octanol–water partition coefficient (Wildman–Crippen LogP) is 3.13. The van der Waals surface area contributed by atoms with Crippen LogP contribution in [0, 0.1) is 0 Å². The van der Waals surface area contributed by atoms with E-state index in [4.69, 9.17) is 0 Å². The maximum Gasteiger partial charge on any atom is 0.268 e. The van der Waals surface area contributed by atoms with E-state index in [2.05, 4.69) is 15.3 Å². The van der Waals surface area contributed by atoms with E-state index in [0.717, 1.165) is 11.1 Å². The number of rotatable bonds is 5. The number of hydrogen-bond donors (Lipinski definition) is 2. The third-order valence-electron chi connectivity index (χ3n) is 3.78. The maximum atomic E-state index is 12.6. The Hall–Kier alpha value is -3.21. The third kappa shape index (κ3) is 3.41. The van der Waals surface area contributed by atoms with Crippen LogP contribution in [-0.2, 0) is 0 Å².